The topological polar surface area (TPSA) is 40.5 Å². The van der Waals surface area contributed by atoms with Gasteiger partial charge in [-0.2, -0.15) is 0 Å². The van der Waals surface area contributed by atoms with Gasteiger partial charge < -0.3 is 10.0 Å². The van der Waals surface area contributed by atoms with Gasteiger partial charge in [-0.1, -0.05) is 6.92 Å². The van der Waals surface area contributed by atoms with Gasteiger partial charge in [-0.3, -0.25) is 4.79 Å². The maximum atomic E-state index is 11.8. The third-order valence-corrected chi connectivity index (χ3v) is 3.83. The summed E-state index contributed by atoms with van der Waals surface area (Å²) in [4.78, 5) is 13.7. The van der Waals surface area contributed by atoms with Gasteiger partial charge in [0.15, 0.2) is 0 Å². The summed E-state index contributed by atoms with van der Waals surface area (Å²) < 4.78 is 0. The number of amides is 1. The van der Waals surface area contributed by atoms with Gasteiger partial charge in [-0.05, 0) is 32.4 Å². The monoisotopic (exact) mass is 233 g/mol. The molecule has 90 valence electrons. The van der Waals surface area contributed by atoms with Crippen LogP contribution in [0.3, 0.4) is 0 Å². The summed E-state index contributed by atoms with van der Waals surface area (Å²) in [5.74, 6) is 1.31. The lowest BCUT2D eigenvalue weighted by atomic mass is 10.2. The van der Waals surface area contributed by atoms with E-state index in [9.17, 15) is 4.79 Å². The maximum absolute atomic E-state index is 11.8. The van der Waals surface area contributed by atoms with Crippen molar-refractivity contribution in [1.82, 2.24) is 4.90 Å². The molecule has 0 heterocycles. The molecule has 0 rings (SSSR count). The van der Waals surface area contributed by atoms with Gasteiger partial charge in [0.25, 0.3) is 0 Å². The first kappa shape index (κ1) is 14.8. The Bertz CT molecular complexity index is 183. The van der Waals surface area contributed by atoms with E-state index in [4.69, 9.17) is 5.11 Å². The zero-order valence-corrected chi connectivity index (χ0v) is 11.0. The van der Waals surface area contributed by atoms with Crippen molar-refractivity contribution in [2.75, 3.05) is 25.4 Å². The van der Waals surface area contributed by atoms with Crippen LogP contribution in [0.1, 0.15) is 27.7 Å². The van der Waals surface area contributed by atoms with Gasteiger partial charge in [0.2, 0.25) is 5.91 Å². The van der Waals surface area contributed by atoms with Crippen LogP contribution >= 0.6 is 11.8 Å². The number of carbonyl (C=O) groups is 1. The summed E-state index contributed by atoms with van der Waals surface area (Å²) >= 11 is 1.63. The first-order chi connectivity index (χ1) is 7.06. The predicted octanol–water partition coefficient (Wildman–Crippen LogP) is 1.60. The Morgan fingerprint density at radius 2 is 1.87 bits per heavy atom. The minimum atomic E-state index is -0.00102. The molecule has 0 saturated heterocycles. The molecule has 0 bridgehead atoms. The van der Waals surface area contributed by atoms with Crippen molar-refractivity contribution in [3.63, 3.8) is 0 Å². The zero-order valence-electron chi connectivity index (χ0n) is 10.2. The van der Waals surface area contributed by atoms with Crippen molar-refractivity contribution in [2.24, 2.45) is 5.92 Å². The van der Waals surface area contributed by atoms with Crippen LogP contribution in [-0.4, -0.2) is 46.6 Å². The van der Waals surface area contributed by atoms with Gasteiger partial charge in [0, 0.05) is 19.7 Å². The van der Waals surface area contributed by atoms with Crippen molar-refractivity contribution in [3.05, 3.63) is 0 Å². The standard InChI is InChI=1S/C11H23NO2S/c1-5-12(6-2)11(14)10(4)15-8-9(3)7-13/h9-10,13H,5-8H2,1-4H3. The fourth-order valence-corrected chi connectivity index (χ4v) is 2.24. The molecule has 1 amide bonds. The van der Waals surface area contributed by atoms with Crippen LogP contribution in [-0.2, 0) is 4.79 Å². The third kappa shape index (κ3) is 5.42. The summed E-state index contributed by atoms with van der Waals surface area (Å²) in [6.45, 7) is 9.66. The highest BCUT2D eigenvalue weighted by Crippen LogP contribution is 2.16. The Balaban J connectivity index is 3.97. The number of nitrogens with zero attached hydrogens (tertiary/aromatic N) is 1. The quantitative estimate of drug-likeness (QED) is 0.726. The van der Waals surface area contributed by atoms with E-state index in [1.807, 2.05) is 32.6 Å². The Morgan fingerprint density at radius 1 is 1.33 bits per heavy atom. The molecule has 2 unspecified atom stereocenters. The molecule has 0 saturated carbocycles. The summed E-state index contributed by atoms with van der Waals surface area (Å²) in [6.07, 6.45) is 0. The van der Waals surface area contributed by atoms with Crippen molar-refractivity contribution < 1.29 is 9.90 Å². The Labute approximate surface area is 97.2 Å². The van der Waals surface area contributed by atoms with E-state index < -0.39 is 0 Å². The molecule has 3 nitrogen and oxygen atoms in total. The highest BCUT2D eigenvalue weighted by atomic mass is 32.2. The predicted molar refractivity (Wildman–Crippen MR) is 66.1 cm³/mol. The summed E-state index contributed by atoms with van der Waals surface area (Å²) in [7, 11) is 0. The fraction of sp³-hybridized carbons (Fsp3) is 0.909. The molecular weight excluding hydrogens is 210 g/mol. The lowest BCUT2D eigenvalue weighted by Gasteiger charge is -2.23. The van der Waals surface area contributed by atoms with Gasteiger partial charge in [0.05, 0.1) is 5.25 Å². The Kier molecular flexibility index (Phi) is 7.88. The van der Waals surface area contributed by atoms with Gasteiger partial charge in [-0.25, -0.2) is 0 Å². The largest absolute Gasteiger partial charge is 0.396 e. The molecule has 0 radical (unpaired) electrons. The minimum Gasteiger partial charge on any atom is -0.396 e. The van der Waals surface area contributed by atoms with Gasteiger partial charge >= 0.3 is 0 Å². The minimum absolute atomic E-state index is 0.00102. The zero-order chi connectivity index (χ0) is 11.8. The SMILES string of the molecule is CCN(CC)C(=O)C(C)SCC(C)CO. The maximum Gasteiger partial charge on any atom is 0.235 e. The number of aliphatic hydroxyl groups is 1. The molecule has 0 aromatic rings. The molecule has 2 atom stereocenters. The molecule has 0 fully saturated rings. The smallest absolute Gasteiger partial charge is 0.235 e. The molecule has 0 spiro atoms. The average Bonchev–Trinajstić information content (AvgIpc) is 2.26. The van der Waals surface area contributed by atoms with E-state index in [2.05, 4.69) is 0 Å². The average molecular weight is 233 g/mol. The second-order valence-electron chi connectivity index (χ2n) is 3.77. The number of hydrogen-bond acceptors (Lipinski definition) is 3. The number of hydrogen-bond donors (Lipinski definition) is 1. The van der Waals surface area contributed by atoms with Crippen LogP contribution in [0.25, 0.3) is 0 Å². The lowest BCUT2D eigenvalue weighted by Crippen LogP contribution is -2.36. The van der Waals surface area contributed by atoms with Crippen molar-refractivity contribution in [1.29, 1.82) is 0 Å². The summed E-state index contributed by atoms with van der Waals surface area (Å²) in [6, 6.07) is 0. The summed E-state index contributed by atoms with van der Waals surface area (Å²) in [5.41, 5.74) is 0. The Morgan fingerprint density at radius 3 is 2.27 bits per heavy atom. The lowest BCUT2D eigenvalue weighted by molar-refractivity contribution is -0.129. The molecule has 0 aliphatic rings. The Hall–Kier alpha value is -0.220. The van der Waals surface area contributed by atoms with Crippen molar-refractivity contribution in [3.8, 4) is 0 Å². The van der Waals surface area contributed by atoms with Crippen molar-refractivity contribution >= 4 is 17.7 Å². The number of thioether (sulfide) groups is 1. The van der Waals surface area contributed by atoms with E-state index in [0.29, 0.717) is 0 Å². The highest BCUT2D eigenvalue weighted by molar-refractivity contribution is 8.00. The first-order valence-corrected chi connectivity index (χ1v) is 6.62. The number of carbonyl (C=O) groups excluding carboxylic acids is 1. The van der Waals surface area contributed by atoms with Crippen LogP contribution in [0.2, 0.25) is 0 Å². The molecule has 1 N–H and O–H groups in total. The van der Waals surface area contributed by atoms with Crippen LogP contribution in [0.15, 0.2) is 0 Å². The number of aliphatic hydroxyl groups excluding tert-OH is 1. The fourth-order valence-electron chi connectivity index (χ4n) is 1.22. The third-order valence-electron chi connectivity index (χ3n) is 2.37. The van der Waals surface area contributed by atoms with E-state index in [0.717, 1.165) is 18.8 Å². The highest BCUT2D eigenvalue weighted by Gasteiger charge is 2.18. The molecule has 4 heteroatoms. The van der Waals surface area contributed by atoms with Gasteiger partial charge in [-0.15, -0.1) is 11.8 Å². The van der Waals surface area contributed by atoms with E-state index in [1.165, 1.54) is 0 Å². The van der Waals surface area contributed by atoms with Gasteiger partial charge in [0.1, 0.15) is 0 Å². The second kappa shape index (κ2) is 7.99. The number of rotatable bonds is 7. The first-order valence-electron chi connectivity index (χ1n) is 5.57. The molecule has 0 aromatic heterocycles. The molecule has 15 heavy (non-hydrogen) atoms. The normalized spacial score (nSPS) is 14.7. The molecule has 0 aliphatic heterocycles. The van der Waals surface area contributed by atoms with E-state index >= 15 is 0 Å². The molecule has 0 aromatic carbocycles. The molecular formula is C11H23NO2S. The van der Waals surface area contributed by atoms with Crippen LogP contribution in [0.5, 0.6) is 0 Å². The summed E-state index contributed by atoms with van der Waals surface area (Å²) in [5, 5.41) is 8.88. The van der Waals surface area contributed by atoms with Crippen LogP contribution < -0.4 is 0 Å². The second-order valence-corrected chi connectivity index (χ2v) is 5.15. The van der Waals surface area contributed by atoms with E-state index in [-0.39, 0.29) is 23.7 Å². The molecule has 0 aliphatic carbocycles. The van der Waals surface area contributed by atoms with Crippen LogP contribution in [0, 0.1) is 5.92 Å². The van der Waals surface area contributed by atoms with E-state index in [1.54, 1.807) is 11.8 Å². The van der Waals surface area contributed by atoms with Crippen LogP contribution in [0.4, 0.5) is 0 Å². The van der Waals surface area contributed by atoms with Crippen molar-refractivity contribution in [2.45, 2.75) is 32.9 Å².